The van der Waals surface area contributed by atoms with Gasteiger partial charge in [-0.15, -0.1) is 0 Å². The Morgan fingerprint density at radius 2 is 1.81 bits per heavy atom. The van der Waals surface area contributed by atoms with Crippen LogP contribution in [0.4, 0.5) is 10.6 Å². The SMILES string of the molecule is CC(C)(C)OC(=O)N1CCC(COc2cnc(N3CCN(S(=O)(=O)CC4CNC4)CC3=O)cn2)CC1. The summed E-state index contributed by atoms with van der Waals surface area (Å²) >= 11 is 0. The number of ether oxygens (including phenoxy) is 2. The van der Waals surface area contributed by atoms with Crippen LogP contribution in [-0.4, -0.2) is 103 Å². The second kappa shape index (κ2) is 10.9. The van der Waals surface area contributed by atoms with Crippen molar-refractivity contribution in [3.63, 3.8) is 0 Å². The van der Waals surface area contributed by atoms with Crippen LogP contribution in [0.15, 0.2) is 12.4 Å². The van der Waals surface area contributed by atoms with Gasteiger partial charge < -0.3 is 19.7 Å². The number of nitrogens with zero attached hydrogens (tertiary/aromatic N) is 5. The molecule has 200 valence electrons. The fourth-order valence-corrected chi connectivity index (χ4v) is 6.05. The van der Waals surface area contributed by atoms with E-state index >= 15 is 0 Å². The monoisotopic (exact) mass is 524 g/mol. The highest BCUT2D eigenvalue weighted by atomic mass is 32.2. The first-order valence-electron chi connectivity index (χ1n) is 12.4. The number of hydrogen-bond acceptors (Lipinski definition) is 9. The molecule has 0 aliphatic carbocycles. The Morgan fingerprint density at radius 3 is 2.36 bits per heavy atom. The van der Waals surface area contributed by atoms with Gasteiger partial charge in [0.1, 0.15) is 5.60 Å². The lowest BCUT2D eigenvalue weighted by Crippen LogP contribution is -2.55. The smallest absolute Gasteiger partial charge is 0.410 e. The molecular formula is C23H36N6O6S. The van der Waals surface area contributed by atoms with Gasteiger partial charge in [-0.1, -0.05) is 0 Å². The van der Waals surface area contributed by atoms with Gasteiger partial charge in [-0.3, -0.25) is 9.69 Å². The van der Waals surface area contributed by atoms with E-state index in [0.29, 0.717) is 44.5 Å². The third-order valence-corrected chi connectivity index (χ3v) is 8.51. The molecule has 0 aromatic carbocycles. The average molecular weight is 525 g/mol. The number of carbonyl (C=O) groups excluding carboxylic acids is 2. The van der Waals surface area contributed by atoms with E-state index in [1.54, 1.807) is 4.90 Å². The van der Waals surface area contributed by atoms with Gasteiger partial charge in [0, 0.05) is 39.3 Å². The molecule has 0 saturated carbocycles. The molecule has 0 spiro atoms. The maximum atomic E-state index is 12.7. The topological polar surface area (TPSA) is 134 Å². The Kier molecular flexibility index (Phi) is 8.00. The van der Waals surface area contributed by atoms with Gasteiger partial charge in [0.25, 0.3) is 0 Å². The van der Waals surface area contributed by atoms with Crippen molar-refractivity contribution < 1.29 is 27.5 Å². The molecule has 12 nitrogen and oxygen atoms in total. The Bertz CT molecular complexity index is 1030. The summed E-state index contributed by atoms with van der Waals surface area (Å²) in [7, 11) is -3.46. The summed E-state index contributed by atoms with van der Waals surface area (Å²) in [5.41, 5.74) is -0.509. The lowest BCUT2D eigenvalue weighted by Gasteiger charge is -2.35. The summed E-state index contributed by atoms with van der Waals surface area (Å²) in [6.45, 7) is 8.93. The lowest BCUT2D eigenvalue weighted by molar-refractivity contribution is -0.120. The zero-order valence-electron chi connectivity index (χ0n) is 21.2. The van der Waals surface area contributed by atoms with E-state index in [1.807, 2.05) is 20.8 Å². The van der Waals surface area contributed by atoms with Crippen molar-refractivity contribution in [2.45, 2.75) is 39.2 Å². The summed E-state index contributed by atoms with van der Waals surface area (Å²) in [5, 5.41) is 3.07. The van der Waals surface area contributed by atoms with Gasteiger partial charge in [0.05, 0.1) is 31.3 Å². The summed E-state index contributed by atoms with van der Waals surface area (Å²) < 4.78 is 37.7. The number of nitrogens with one attached hydrogen (secondary N) is 1. The zero-order chi connectivity index (χ0) is 25.9. The van der Waals surface area contributed by atoms with Crippen molar-refractivity contribution in [2.75, 3.05) is 63.1 Å². The van der Waals surface area contributed by atoms with E-state index in [-0.39, 0.29) is 49.2 Å². The van der Waals surface area contributed by atoms with Crippen molar-refractivity contribution >= 4 is 27.8 Å². The van der Waals surface area contributed by atoms with Crippen LogP contribution in [0.2, 0.25) is 0 Å². The number of hydrogen-bond donors (Lipinski definition) is 1. The number of anilines is 1. The molecule has 4 heterocycles. The first-order chi connectivity index (χ1) is 17.0. The molecule has 3 saturated heterocycles. The molecule has 3 fully saturated rings. The van der Waals surface area contributed by atoms with Crippen LogP contribution in [-0.2, 0) is 19.6 Å². The number of piperidine rings is 1. The molecule has 3 aliphatic heterocycles. The minimum Gasteiger partial charge on any atom is -0.476 e. The fourth-order valence-electron chi connectivity index (χ4n) is 4.34. The summed E-state index contributed by atoms with van der Waals surface area (Å²) in [4.78, 5) is 36.6. The lowest BCUT2D eigenvalue weighted by atomic mass is 9.98. The van der Waals surface area contributed by atoms with E-state index in [0.717, 1.165) is 12.8 Å². The van der Waals surface area contributed by atoms with Gasteiger partial charge in [-0.25, -0.2) is 23.2 Å². The second-order valence-corrected chi connectivity index (χ2v) is 12.6. The van der Waals surface area contributed by atoms with Crippen LogP contribution in [0.1, 0.15) is 33.6 Å². The normalized spacial score (nSPS) is 20.8. The molecule has 36 heavy (non-hydrogen) atoms. The number of piperazine rings is 1. The number of likely N-dealkylation sites (tertiary alicyclic amines) is 1. The van der Waals surface area contributed by atoms with E-state index < -0.39 is 15.6 Å². The van der Waals surface area contributed by atoms with Crippen LogP contribution >= 0.6 is 0 Å². The number of carbonyl (C=O) groups is 2. The number of aromatic nitrogens is 2. The van der Waals surface area contributed by atoms with Crippen LogP contribution in [0.5, 0.6) is 5.88 Å². The molecule has 1 aromatic heterocycles. The molecule has 3 aliphatic rings. The molecule has 0 atom stereocenters. The standard InChI is InChI=1S/C23H36N6O6S/c1-23(2,3)35-22(31)27-6-4-17(5-7-27)15-34-20-13-25-19(12-26-20)29-9-8-28(14-21(29)30)36(32,33)16-18-10-24-11-18/h12-13,17-18,24H,4-11,14-16H2,1-3H3. The van der Waals surface area contributed by atoms with E-state index in [4.69, 9.17) is 9.47 Å². The predicted octanol–water partition coefficient (Wildman–Crippen LogP) is 0.700. The Labute approximate surface area is 212 Å². The first kappa shape index (κ1) is 26.6. The number of rotatable bonds is 7. The van der Waals surface area contributed by atoms with Crippen molar-refractivity contribution in [1.82, 2.24) is 24.5 Å². The molecule has 0 bridgehead atoms. The molecule has 2 amide bonds. The van der Waals surface area contributed by atoms with Gasteiger partial charge in [-0.05, 0) is 45.4 Å². The van der Waals surface area contributed by atoms with Crippen LogP contribution in [0.3, 0.4) is 0 Å². The van der Waals surface area contributed by atoms with E-state index in [2.05, 4.69) is 15.3 Å². The van der Waals surface area contributed by atoms with Crippen LogP contribution < -0.4 is 15.0 Å². The molecule has 1 N–H and O–H groups in total. The maximum absolute atomic E-state index is 12.7. The van der Waals surface area contributed by atoms with Crippen LogP contribution in [0.25, 0.3) is 0 Å². The van der Waals surface area contributed by atoms with Crippen molar-refractivity contribution in [2.24, 2.45) is 11.8 Å². The minimum absolute atomic E-state index is 0.0686. The number of amides is 2. The molecular weight excluding hydrogens is 488 g/mol. The Balaban J connectivity index is 1.22. The average Bonchev–Trinajstić information content (AvgIpc) is 2.80. The summed E-state index contributed by atoms with van der Waals surface area (Å²) in [5.74, 6) is 0.876. The maximum Gasteiger partial charge on any atom is 0.410 e. The number of sulfonamides is 1. The molecule has 0 unspecified atom stereocenters. The van der Waals surface area contributed by atoms with Crippen molar-refractivity contribution in [1.29, 1.82) is 0 Å². The Hall–Kier alpha value is -2.51. The fraction of sp³-hybridized carbons (Fsp3) is 0.739. The quantitative estimate of drug-likeness (QED) is 0.547. The summed E-state index contributed by atoms with van der Waals surface area (Å²) in [6.07, 6.45) is 4.29. The largest absolute Gasteiger partial charge is 0.476 e. The van der Waals surface area contributed by atoms with Crippen molar-refractivity contribution in [3.8, 4) is 5.88 Å². The second-order valence-electron chi connectivity index (χ2n) is 10.6. The first-order valence-corrected chi connectivity index (χ1v) is 14.0. The minimum atomic E-state index is -3.46. The van der Waals surface area contributed by atoms with Crippen molar-refractivity contribution in [3.05, 3.63) is 12.4 Å². The summed E-state index contributed by atoms with van der Waals surface area (Å²) in [6, 6.07) is 0. The van der Waals surface area contributed by atoms with Gasteiger partial charge in [-0.2, -0.15) is 4.31 Å². The highest BCUT2D eigenvalue weighted by Crippen LogP contribution is 2.22. The third kappa shape index (κ3) is 6.83. The van der Waals surface area contributed by atoms with Gasteiger partial charge >= 0.3 is 6.09 Å². The Morgan fingerprint density at radius 1 is 1.08 bits per heavy atom. The van der Waals surface area contributed by atoms with E-state index in [1.165, 1.54) is 21.6 Å². The molecule has 4 rings (SSSR count). The van der Waals surface area contributed by atoms with E-state index in [9.17, 15) is 18.0 Å². The molecule has 0 radical (unpaired) electrons. The highest BCUT2D eigenvalue weighted by Gasteiger charge is 2.35. The molecule has 1 aromatic rings. The van der Waals surface area contributed by atoms with Gasteiger partial charge in [0.15, 0.2) is 5.82 Å². The zero-order valence-corrected chi connectivity index (χ0v) is 22.0. The third-order valence-electron chi connectivity index (χ3n) is 6.52. The van der Waals surface area contributed by atoms with Crippen LogP contribution in [0, 0.1) is 11.8 Å². The highest BCUT2D eigenvalue weighted by molar-refractivity contribution is 7.89. The predicted molar refractivity (Wildman–Crippen MR) is 132 cm³/mol. The van der Waals surface area contributed by atoms with Gasteiger partial charge in [0.2, 0.25) is 21.8 Å². The molecule has 13 heteroatoms.